The lowest BCUT2D eigenvalue weighted by Gasteiger charge is -2.34. The summed E-state index contributed by atoms with van der Waals surface area (Å²) in [5.74, 6) is 0. The lowest BCUT2D eigenvalue weighted by molar-refractivity contribution is -0.401. The summed E-state index contributed by atoms with van der Waals surface area (Å²) in [6.45, 7) is 0. The van der Waals surface area contributed by atoms with Crippen LogP contribution in [0.1, 0.15) is 33.4 Å². The predicted octanol–water partition coefficient (Wildman–Crippen LogP) is 14.3. The fourth-order valence-electron chi connectivity index (χ4n) is 11.1. The summed E-state index contributed by atoms with van der Waals surface area (Å²) in [4.78, 5) is 2.38. The van der Waals surface area contributed by atoms with E-state index in [0.717, 1.165) is 25.7 Å². The van der Waals surface area contributed by atoms with Gasteiger partial charge in [-0.2, -0.15) is 9.84 Å². The molecule has 0 radical (unpaired) electrons. The van der Waals surface area contributed by atoms with E-state index in [1.165, 1.54) is 77.7 Å². The molecule has 0 spiro atoms. The van der Waals surface area contributed by atoms with Crippen molar-refractivity contribution in [2.24, 2.45) is 0 Å². The number of hydrogen-bond donors (Lipinski definition) is 0. The smallest absolute Gasteiger partial charge is 0.210 e. The zero-order chi connectivity index (χ0) is 45.6. The molecule has 2 heterocycles. The Hall–Kier alpha value is -8.06. The quantitative estimate of drug-likeness (QED) is 0.0657. The first-order valence-corrected chi connectivity index (χ1v) is 23.4. The number of nitriles is 1. The summed E-state index contributed by atoms with van der Waals surface area (Å²) in [5, 5.41) is 15.5. The maximum Gasteiger partial charge on any atom is 0.210 e. The van der Waals surface area contributed by atoms with E-state index >= 15 is 0 Å². The van der Waals surface area contributed by atoms with Crippen LogP contribution in [0.4, 0.5) is 11.4 Å². The molecule has 67 heavy (non-hydrogen) atoms. The van der Waals surface area contributed by atoms with Gasteiger partial charge in [-0.15, -0.1) is 0 Å². The van der Waals surface area contributed by atoms with E-state index in [-0.39, 0.29) is 10.8 Å². The molecular weight excluding hydrogens is 811 g/mol. The van der Waals surface area contributed by atoms with Gasteiger partial charge in [0.05, 0.1) is 17.1 Å². The molecule has 10 rings (SSSR count). The molecule has 8 aromatic rings. The number of nitrogens with zero attached hydrogens (tertiary/aromatic N) is 3. The van der Waals surface area contributed by atoms with Crippen LogP contribution in [-0.2, 0) is 36.5 Å². The fourth-order valence-corrected chi connectivity index (χ4v) is 11.1. The van der Waals surface area contributed by atoms with Gasteiger partial charge in [0.2, 0.25) is 5.69 Å². The van der Waals surface area contributed by atoms with Gasteiger partial charge < -0.3 is 4.90 Å². The highest BCUT2D eigenvalue weighted by Crippen LogP contribution is 2.54. The van der Waals surface area contributed by atoms with Crippen molar-refractivity contribution >= 4 is 38.6 Å². The summed E-state index contributed by atoms with van der Waals surface area (Å²) < 4.78 is 2.38. The van der Waals surface area contributed by atoms with Crippen LogP contribution in [0.5, 0.6) is 0 Å². The maximum atomic E-state index is 10.4. The first kappa shape index (κ1) is 42.9. The van der Waals surface area contributed by atoms with Crippen molar-refractivity contribution in [3.05, 3.63) is 287 Å². The number of anilines is 1. The van der Waals surface area contributed by atoms with E-state index in [1.807, 2.05) is 24.3 Å². The molecular formula is C64H54N3+. The van der Waals surface area contributed by atoms with E-state index in [0.29, 0.717) is 5.57 Å². The molecule has 0 saturated heterocycles. The highest BCUT2D eigenvalue weighted by atomic mass is 15.2. The lowest BCUT2D eigenvalue weighted by atomic mass is 9.68. The zero-order valence-electron chi connectivity index (χ0n) is 38.3. The second-order valence-electron chi connectivity index (χ2n) is 18.1. The Labute approximate surface area is 395 Å². The molecule has 0 aromatic heterocycles. The molecule has 0 bridgehead atoms. The van der Waals surface area contributed by atoms with E-state index in [1.54, 1.807) is 0 Å². The van der Waals surface area contributed by atoms with Crippen LogP contribution < -0.4 is 4.90 Å². The highest BCUT2D eigenvalue weighted by Gasteiger charge is 2.51. The number of fused-ring (bicyclic) bond motifs is 6. The zero-order valence-corrected chi connectivity index (χ0v) is 38.3. The van der Waals surface area contributed by atoms with Crippen molar-refractivity contribution in [2.75, 3.05) is 19.0 Å². The standard InChI is InChI=1S/C64H54N3/c1-66-57-41-39-53-33-17-19-35-55(53)61(57)63(43-48-23-7-3-8-24-48,44-49-25-9-4-10-26-49)59(66)37-21-15-31-52(47-65)32-16-22-38-60-64(45-50-27-11-5-12-28-50,46-51-29-13-6-14-30-51)62-56-36-20-18-34-54(56)40-42-58(62)67(60)2/h3-42H,43-46H2,1-2H3/q+1. The average Bonchev–Trinajstić information content (AvgIpc) is 3.74. The summed E-state index contributed by atoms with van der Waals surface area (Å²) in [6.07, 6.45) is 20.0. The third-order valence-corrected chi connectivity index (χ3v) is 14.0. The van der Waals surface area contributed by atoms with Crippen LogP contribution in [0.2, 0.25) is 0 Å². The second kappa shape index (κ2) is 18.8. The SMILES string of the molecule is CN1C(=CC=C\C=C(C#N)/C=C\C=C\C2=[N+](C)c3ccc4ccccc4c3C2(Cc2ccccc2)Cc2ccccc2)C(Cc2ccccc2)(Cc2ccccc2)c2c1ccc1ccccc21. The van der Waals surface area contributed by atoms with E-state index in [9.17, 15) is 5.26 Å². The second-order valence-corrected chi connectivity index (χ2v) is 18.1. The summed E-state index contributed by atoms with van der Waals surface area (Å²) in [5.41, 5.74) is 12.7. The Morgan fingerprint density at radius 1 is 0.522 bits per heavy atom. The van der Waals surface area contributed by atoms with Crippen LogP contribution >= 0.6 is 0 Å². The van der Waals surface area contributed by atoms with Crippen LogP contribution in [-0.4, -0.2) is 24.4 Å². The molecule has 0 N–H and O–H groups in total. The third kappa shape index (κ3) is 8.28. The molecule has 2 aliphatic rings. The van der Waals surface area contributed by atoms with Gasteiger partial charge >= 0.3 is 0 Å². The Bertz CT molecular complexity index is 3230. The largest absolute Gasteiger partial charge is 0.347 e. The fraction of sp³-hybridized carbons (Fsp3) is 0.125. The maximum absolute atomic E-state index is 10.4. The first-order valence-electron chi connectivity index (χ1n) is 23.4. The Morgan fingerprint density at radius 3 is 1.54 bits per heavy atom. The van der Waals surface area contributed by atoms with Crippen molar-refractivity contribution in [3.8, 4) is 6.07 Å². The van der Waals surface area contributed by atoms with Crippen molar-refractivity contribution < 1.29 is 4.58 Å². The topological polar surface area (TPSA) is 30.0 Å². The highest BCUT2D eigenvalue weighted by molar-refractivity contribution is 6.08. The van der Waals surface area contributed by atoms with Crippen LogP contribution in [0.3, 0.4) is 0 Å². The minimum atomic E-state index is -0.349. The van der Waals surface area contributed by atoms with E-state index in [2.05, 4.69) is 248 Å². The minimum Gasteiger partial charge on any atom is -0.347 e. The predicted molar refractivity (Wildman–Crippen MR) is 280 cm³/mol. The van der Waals surface area contributed by atoms with Gasteiger partial charge in [0.15, 0.2) is 5.71 Å². The van der Waals surface area contributed by atoms with Gasteiger partial charge in [-0.05, 0) is 105 Å². The van der Waals surface area contributed by atoms with Gasteiger partial charge in [-0.25, -0.2) is 0 Å². The molecule has 2 aliphatic heterocycles. The van der Waals surface area contributed by atoms with Gasteiger partial charge in [-0.3, -0.25) is 0 Å². The van der Waals surface area contributed by atoms with Crippen molar-refractivity contribution in [3.63, 3.8) is 0 Å². The van der Waals surface area contributed by atoms with Crippen molar-refractivity contribution in [2.45, 2.75) is 36.5 Å². The number of hydrogen-bond acceptors (Lipinski definition) is 2. The Balaban J connectivity index is 1.00. The molecule has 0 unspecified atom stereocenters. The molecule has 0 saturated carbocycles. The lowest BCUT2D eigenvalue weighted by Crippen LogP contribution is -2.39. The molecule has 0 fully saturated rings. The van der Waals surface area contributed by atoms with Crippen LogP contribution in [0.25, 0.3) is 21.5 Å². The van der Waals surface area contributed by atoms with Crippen molar-refractivity contribution in [1.29, 1.82) is 5.26 Å². The van der Waals surface area contributed by atoms with Crippen molar-refractivity contribution in [1.82, 2.24) is 0 Å². The molecule has 8 aromatic carbocycles. The summed E-state index contributed by atoms with van der Waals surface area (Å²) in [7, 11) is 4.40. The number of rotatable bonds is 13. The molecule has 0 amide bonds. The number of allylic oxidation sites excluding steroid dienone is 10. The van der Waals surface area contributed by atoms with Gasteiger partial charge in [-0.1, -0.05) is 200 Å². The molecule has 3 heteroatoms. The average molecular weight is 865 g/mol. The van der Waals surface area contributed by atoms with E-state index in [4.69, 9.17) is 0 Å². The molecule has 324 valence electrons. The molecule has 3 nitrogen and oxygen atoms in total. The van der Waals surface area contributed by atoms with Gasteiger partial charge in [0.25, 0.3) is 0 Å². The third-order valence-electron chi connectivity index (χ3n) is 14.0. The van der Waals surface area contributed by atoms with Crippen LogP contribution in [0, 0.1) is 11.3 Å². The first-order chi connectivity index (χ1) is 33.0. The Kier molecular flexibility index (Phi) is 12.0. The van der Waals surface area contributed by atoms with Gasteiger partial charge in [0.1, 0.15) is 7.05 Å². The van der Waals surface area contributed by atoms with Gasteiger partial charge in [0, 0.05) is 41.6 Å². The minimum absolute atomic E-state index is 0.349. The number of likely N-dealkylation sites (N-methyl/N-ethyl adjacent to an activating group) is 1. The molecule has 0 aliphatic carbocycles. The van der Waals surface area contributed by atoms with E-state index < -0.39 is 0 Å². The summed E-state index contributed by atoms with van der Waals surface area (Å²) in [6, 6.07) is 72.7. The normalized spacial score (nSPS) is 15.9. The monoisotopic (exact) mass is 864 g/mol. The number of benzene rings is 8. The van der Waals surface area contributed by atoms with Crippen LogP contribution in [0.15, 0.2) is 254 Å². The Morgan fingerprint density at radius 2 is 1.00 bits per heavy atom. The molecule has 0 atom stereocenters. The summed E-state index contributed by atoms with van der Waals surface area (Å²) >= 11 is 0.